The number of thiophene rings is 2. The van der Waals surface area contributed by atoms with Gasteiger partial charge >= 0.3 is 6.09 Å². The number of nitrogens with one attached hydrogen (secondary N) is 1. The number of hydrogen-bond acceptors (Lipinski definition) is 15. The molecule has 2 aliphatic heterocycles. The topological polar surface area (TPSA) is 146 Å². The number of rotatable bonds is 19. The second-order valence-corrected chi connectivity index (χ2v) is 24.8. The van der Waals surface area contributed by atoms with E-state index in [9.17, 15) is 14.4 Å². The van der Waals surface area contributed by atoms with Crippen molar-refractivity contribution in [2.75, 3.05) is 27.4 Å². The molecule has 16 heteroatoms. The van der Waals surface area contributed by atoms with Gasteiger partial charge in [-0.05, 0) is 140 Å². The molecule has 9 rings (SSSR count). The van der Waals surface area contributed by atoms with Crippen molar-refractivity contribution in [2.24, 2.45) is 0 Å². The highest BCUT2D eigenvalue weighted by Crippen LogP contribution is 2.49. The van der Waals surface area contributed by atoms with Gasteiger partial charge in [-0.1, -0.05) is 18.9 Å². The molecular formula is C57H70N6O6S4. The van der Waals surface area contributed by atoms with Gasteiger partial charge in [-0.25, -0.2) is 14.8 Å². The average molecular weight is 1060 g/mol. The number of ketones is 2. The number of fused-ring (bicyclic) bond motifs is 4. The highest BCUT2D eigenvalue weighted by molar-refractivity contribution is 7.22. The van der Waals surface area contributed by atoms with Crippen LogP contribution in [0.1, 0.15) is 143 Å². The number of methoxy groups -OCH3 is 2. The van der Waals surface area contributed by atoms with Gasteiger partial charge in [0.1, 0.15) is 27.2 Å². The summed E-state index contributed by atoms with van der Waals surface area (Å²) in [6.45, 7) is 15.8. The van der Waals surface area contributed by atoms with Gasteiger partial charge in [-0.2, -0.15) is 0 Å². The van der Waals surface area contributed by atoms with Gasteiger partial charge in [-0.15, -0.1) is 45.3 Å². The minimum Gasteiger partial charge on any atom is -0.444 e. The summed E-state index contributed by atoms with van der Waals surface area (Å²) >= 11 is 6.82. The van der Waals surface area contributed by atoms with Crippen molar-refractivity contribution in [3.8, 4) is 32.3 Å². The van der Waals surface area contributed by atoms with Crippen LogP contribution in [-0.4, -0.2) is 87.6 Å². The van der Waals surface area contributed by atoms with E-state index in [4.69, 9.17) is 24.2 Å². The minimum absolute atomic E-state index is 0.0360. The maximum atomic E-state index is 13.1. The Morgan fingerprint density at radius 3 is 1.85 bits per heavy atom. The molecule has 7 aromatic rings. The van der Waals surface area contributed by atoms with E-state index in [-0.39, 0.29) is 30.0 Å². The number of aromatic nitrogens is 4. The summed E-state index contributed by atoms with van der Waals surface area (Å²) in [4.78, 5) is 64.1. The SMILES string of the molecule is COCCCCCC(=O)Cc1sc2c(c1-c1nc3ccc(-c4ccncc4)cc3s1)CC(C)NC2C.COCCCCCC(=O)Cc1sc2c(c1-c1nc3ccncc3s1)CC(C)N(C(=O)OC(C)(C)C)C2C. The van der Waals surface area contributed by atoms with Gasteiger partial charge in [0.25, 0.3) is 0 Å². The van der Waals surface area contributed by atoms with E-state index in [1.54, 1.807) is 54.4 Å². The van der Waals surface area contributed by atoms with Gasteiger partial charge in [0.2, 0.25) is 0 Å². The molecular weight excluding hydrogens is 993 g/mol. The van der Waals surface area contributed by atoms with Crippen LogP contribution >= 0.6 is 45.3 Å². The first kappa shape index (κ1) is 54.5. The van der Waals surface area contributed by atoms with Crippen LogP contribution in [-0.2, 0) is 49.5 Å². The van der Waals surface area contributed by atoms with Gasteiger partial charge in [0, 0.05) is 127 Å². The molecule has 6 aromatic heterocycles. The predicted molar refractivity (Wildman–Crippen MR) is 299 cm³/mol. The zero-order valence-corrected chi connectivity index (χ0v) is 47.1. The van der Waals surface area contributed by atoms with Crippen LogP contribution in [0.3, 0.4) is 0 Å². The van der Waals surface area contributed by atoms with Crippen molar-refractivity contribution >= 4 is 83.4 Å². The largest absolute Gasteiger partial charge is 0.444 e. The standard InChI is InChI=1S/C29H33N3O2S2.C28H37N3O4S2/c1-18-15-23-27(26(35-28(23)19(2)31-18)17-22(33)7-5-4-6-14-34-3)29-32-24-9-8-21(16-25(24)36-29)20-10-12-30-13-11-20;1-17-14-20-24(26-30-21-11-12-29-16-23(21)37-26)22(15-19(32)10-8-7-9-13-34-6)36-25(20)18(2)31(17)27(33)35-28(3,4)5/h8-13,16,18-19,31H,4-7,14-15,17H2,1-3H3;11-12,16-18H,7-10,13-15H2,1-6H3. The Balaban J connectivity index is 0.000000195. The number of pyridine rings is 2. The van der Waals surface area contributed by atoms with Crippen LogP contribution < -0.4 is 5.32 Å². The van der Waals surface area contributed by atoms with E-state index in [2.05, 4.69) is 61.2 Å². The number of amides is 1. The third kappa shape index (κ3) is 13.4. The zero-order valence-electron chi connectivity index (χ0n) is 43.8. The van der Waals surface area contributed by atoms with Crippen LogP contribution in [0.2, 0.25) is 0 Å². The van der Waals surface area contributed by atoms with Gasteiger partial charge in [-0.3, -0.25) is 24.5 Å². The summed E-state index contributed by atoms with van der Waals surface area (Å²) in [5.74, 6) is 0.562. The Hall–Kier alpha value is -4.81. The van der Waals surface area contributed by atoms with E-state index >= 15 is 0 Å². The summed E-state index contributed by atoms with van der Waals surface area (Å²) in [7, 11) is 3.43. The summed E-state index contributed by atoms with van der Waals surface area (Å²) in [5, 5.41) is 5.64. The molecule has 2 aliphatic rings. The molecule has 1 N–H and O–H groups in total. The monoisotopic (exact) mass is 1060 g/mol. The van der Waals surface area contributed by atoms with Crippen LogP contribution in [0.15, 0.2) is 61.2 Å². The molecule has 73 heavy (non-hydrogen) atoms. The molecule has 0 spiro atoms. The van der Waals surface area contributed by atoms with E-state index in [1.165, 1.54) is 36.7 Å². The number of unbranched alkanes of at least 4 members (excludes halogenated alkanes) is 4. The normalized spacial score (nSPS) is 17.6. The van der Waals surface area contributed by atoms with Gasteiger partial charge in [0.15, 0.2) is 0 Å². The highest BCUT2D eigenvalue weighted by atomic mass is 32.1. The lowest BCUT2D eigenvalue weighted by Gasteiger charge is -2.39. The van der Waals surface area contributed by atoms with E-state index in [0.29, 0.717) is 43.9 Å². The lowest BCUT2D eigenvalue weighted by Crippen LogP contribution is -2.46. The molecule has 4 unspecified atom stereocenters. The first-order valence-electron chi connectivity index (χ1n) is 25.7. The van der Waals surface area contributed by atoms with E-state index in [0.717, 1.165) is 105 Å². The summed E-state index contributed by atoms with van der Waals surface area (Å²) < 4.78 is 18.2. The number of benzene rings is 1. The number of hydrogen-bond donors (Lipinski definition) is 1. The third-order valence-electron chi connectivity index (χ3n) is 13.4. The lowest BCUT2D eigenvalue weighted by atomic mass is 9.92. The molecule has 1 aromatic carbocycles. The number of carbonyl (C=O) groups is 3. The average Bonchev–Trinajstić information content (AvgIpc) is 4.14. The Morgan fingerprint density at radius 2 is 1.25 bits per heavy atom. The fourth-order valence-electron chi connectivity index (χ4n) is 10.0. The Labute approximate surface area is 446 Å². The van der Waals surface area contributed by atoms with E-state index in [1.807, 2.05) is 73.8 Å². The smallest absolute Gasteiger partial charge is 0.411 e. The van der Waals surface area contributed by atoms with Crippen molar-refractivity contribution in [3.05, 3.63) is 91.8 Å². The Kier molecular flexibility index (Phi) is 18.4. The predicted octanol–water partition coefficient (Wildman–Crippen LogP) is 14.0. The maximum absolute atomic E-state index is 13.1. The fourth-order valence-corrected chi connectivity index (χ4v) is 15.1. The molecule has 0 radical (unpaired) electrons. The Morgan fingerprint density at radius 1 is 0.671 bits per heavy atom. The van der Waals surface area contributed by atoms with Gasteiger partial charge < -0.3 is 19.5 Å². The molecule has 0 aliphatic carbocycles. The molecule has 0 fully saturated rings. The van der Waals surface area contributed by atoms with Crippen LogP contribution in [0, 0.1) is 0 Å². The first-order valence-corrected chi connectivity index (χ1v) is 29.0. The molecule has 4 atom stereocenters. The van der Waals surface area contributed by atoms with Crippen LogP contribution in [0.4, 0.5) is 4.79 Å². The zero-order chi connectivity index (χ0) is 51.8. The summed E-state index contributed by atoms with van der Waals surface area (Å²) in [6, 6.07) is 13.0. The molecule has 0 saturated heterocycles. The molecule has 12 nitrogen and oxygen atoms in total. The highest BCUT2D eigenvalue weighted by Gasteiger charge is 2.40. The van der Waals surface area contributed by atoms with Crippen molar-refractivity contribution in [1.82, 2.24) is 30.2 Å². The van der Waals surface area contributed by atoms with E-state index < -0.39 is 5.60 Å². The van der Waals surface area contributed by atoms with Gasteiger partial charge in [0.05, 0.1) is 26.5 Å². The van der Waals surface area contributed by atoms with Crippen LogP contribution in [0.5, 0.6) is 0 Å². The van der Waals surface area contributed by atoms with Crippen LogP contribution in [0.25, 0.3) is 52.7 Å². The number of ether oxygens (including phenoxy) is 3. The third-order valence-corrected chi connectivity index (χ3v) is 18.3. The second-order valence-electron chi connectivity index (χ2n) is 20.4. The Bertz CT molecular complexity index is 2970. The number of Topliss-reactive ketones (excluding diaryl/α,β-unsaturated/α-hetero) is 2. The molecule has 0 bridgehead atoms. The number of carbonyl (C=O) groups excluding carboxylic acids is 3. The molecule has 8 heterocycles. The van der Waals surface area contributed by atoms with Crippen molar-refractivity contribution in [1.29, 1.82) is 0 Å². The number of nitrogens with zero attached hydrogens (tertiary/aromatic N) is 5. The van der Waals surface area contributed by atoms with Crippen molar-refractivity contribution < 1.29 is 28.6 Å². The summed E-state index contributed by atoms with van der Waals surface area (Å²) in [6.07, 6.45) is 16.5. The number of thiazole rings is 2. The fraction of sp³-hybridized carbons (Fsp3) is 0.491. The molecule has 0 saturated carbocycles. The summed E-state index contributed by atoms with van der Waals surface area (Å²) in [5.41, 5.74) is 8.58. The van der Waals surface area contributed by atoms with Crippen molar-refractivity contribution in [3.63, 3.8) is 0 Å². The molecule has 388 valence electrons. The second kappa shape index (κ2) is 24.7. The molecule has 1 amide bonds. The van der Waals surface area contributed by atoms with Crippen molar-refractivity contribution in [2.45, 2.75) is 155 Å². The maximum Gasteiger partial charge on any atom is 0.411 e. The minimum atomic E-state index is -0.562. The first-order chi connectivity index (χ1) is 35.1. The lowest BCUT2D eigenvalue weighted by molar-refractivity contribution is -0.119. The quantitative estimate of drug-likeness (QED) is 0.0772.